The predicted octanol–water partition coefficient (Wildman–Crippen LogP) is 2.52. The molecule has 1 aromatic carbocycles. The van der Waals surface area contributed by atoms with Crippen molar-refractivity contribution in [1.29, 1.82) is 5.26 Å². The zero-order valence-electron chi connectivity index (χ0n) is 15.1. The number of para-hydroxylation sites is 1. The minimum Gasteiger partial charge on any atom is -0.355 e. The summed E-state index contributed by atoms with van der Waals surface area (Å²) in [6, 6.07) is 15.4. The predicted molar refractivity (Wildman–Crippen MR) is 102 cm³/mol. The Morgan fingerprint density at radius 2 is 2.04 bits per heavy atom. The Morgan fingerprint density at radius 3 is 2.81 bits per heavy atom. The van der Waals surface area contributed by atoms with E-state index in [1.165, 1.54) is 0 Å². The molecule has 0 spiro atoms. The van der Waals surface area contributed by atoms with E-state index in [1.807, 2.05) is 49.4 Å². The van der Waals surface area contributed by atoms with Gasteiger partial charge in [-0.15, -0.1) is 0 Å². The number of nitrogens with one attached hydrogen (secondary N) is 1. The average Bonchev–Trinajstić information content (AvgIpc) is 3.10. The van der Waals surface area contributed by atoms with Crippen LogP contribution in [0.15, 0.2) is 47.3 Å². The van der Waals surface area contributed by atoms with Gasteiger partial charge >= 0.3 is 5.69 Å². The molecule has 3 heterocycles. The maximum atomic E-state index is 12.4. The quantitative estimate of drug-likeness (QED) is 0.775. The van der Waals surface area contributed by atoms with Gasteiger partial charge in [0, 0.05) is 24.7 Å². The maximum Gasteiger partial charge on any atom is 0.347 e. The van der Waals surface area contributed by atoms with Crippen LogP contribution in [0.2, 0.25) is 0 Å². The van der Waals surface area contributed by atoms with Crippen LogP contribution in [0.3, 0.4) is 0 Å². The van der Waals surface area contributed by atoms with Crippen molar-refractivity contribution in [2.45, 2.75) is 25.7 Å². The number of hydrogen-bond acceptors (Lipinski definition) is 5. The Kier molecular flexibility index (Phi) is 4.47. The van der Waals surface area contributed by atoms with Crippen LogP contribution in [0.5, 0.6) is 0 Å². The Bertz CT molecular complexity index is 1050. The number of piperidine rings is 1. The number of nitriles is 1. The zero-order chi connectivity index (χ0) is 18.8. The highest BCUT2D eigenvalue weighted by molar-refractivity contribution is 5.55. The van der Waals surface area contributed by atoms with Gasteiger partial charge in [-0.25, -0.2) is 19.4 Å². The summed E-state index contributed by atoms with van der Waals surface area (Å²) in [4.78, 5) is 19.1. The molecule has 1 fully saturated rings. The third-order valence-corrected chi connectivity index (χ3v) is 4.93. The van der Waals surface area contributed by atoms with Crippen molar-refractivity contribution < 1.29 is 0 Å². The molecule has 3 aromatic rings. The first-order chi connectivity index (χ1) is 13.2. The summed E-state index contributed by atoms with van der Waals surface area (Å²) in [5, 5.41) is 16.3. The van der Waals surface area contributed by atoms with Gasteiger partial charge in [-0.1, -0.05) is 18.2 Å². The number of aryl methyl sites for hydroxylation is 1. The molecule has 1 aliphatic heterocycles. The van der Waals surface area contributed by atoms with E-state index in [9.17, 15) is 10.1 Å². The maximum absolute atomic E-state index is 12.4. The zero-order valence-corrected chi connectivity index (χ0v) is 15.1. The third-order valence-electron chi connectivity index (χ3n) is 4.93. The molecule has 27 heavy (non-hydrogen) atoms. The van der Waals surface area contributed by atoms with Crippen LogP contribution in [-0.4, -0.2) is 32.8 Å². The van der Waals surface area contributed by atoms with E-state index in [1.54, 1.807) is 4.57 Å². The van der Waals surface area contributed by atoms with Gasteiger partial charge in [-0.2, -0.15) is 10.4 Å². The van der Waals surface area contributed by atoms with E-state index in [-0.39, 0.29) is 11.6 Å². The highest BCUT2D eigenvalue weighted by atomic mass is 16.1. The second kappa shape index (κ2) is 7.08. The van der Waals surface area contributed by atoms with Gasteiger partial charge in [0.15, 0.2) is 0 Å². The number of pyridine rings is 1. The lowest BCUT2D eigenvalue weighted by Crippen LogP contribution is -2.37. The fraction of sp³-hybridized carbons (Fsp3) is 0.300. The lowest BCUT2D eigenvalue weighted by atomic mass is 9.96. The molecule has 0 radical (unpaired) electrons. The Hall–Kier alpha value is -3.40. The number of nitrogens with zero attached hydrogens (tertiary/aromatic N) is 5. The van der Waals surface area contributed by atoms with Crippen molar-refractivity contribution >= 4 is 5.82 Å². The highest BCUT2D eigenvalue weighted by Gasteiger charge is 2.28. The largest absolute Gasteiger partial charge is 0.355 e. The molecule has 2 aromatic heterocycles. The van der Waals surface area contributed by atoms with Gasteiger partial charge in [-0.3, -0.25) is 0 Å². The Balaban J connectivity index is 1.69. The molecule has 0 bridgehead atoms. The summed E-state index contributed by atoms with van der Waals surface area (Å²) < 4.78 is 1.64. The lowest BCUT2D eigenvalue weighted by molar-refractivity contribution is 0.482. The summed E-state index contributed by atoms with van der Waals surface area (Å²) in [6.45, 7) is 3.43. The van der Waals surface area contributed by atoms with Crippen LogP contribution >= 0.6 is 0 Å². The van der Waals surface area contributed by atoms with Crippen LogP contribution in [0.4, 0.5) is 5.82 Å². The van der Waals surface area contributed by atoms with Crippen molar-refractivity contribution in [3.8, 4) is 11.8 Å². The molecule has 1 N–H and O–H groups in total. The molecule has 7 heteroatoms. The van der Waals surface area contributed by atoms with Crippen molar-refractivity contribution in [2.75, 3.05) is 18.0 Å². The molecule has 1 aliphatic rings. The van der Waals surface area contributed by atoms with Gasteiger partial charge in [-0.05, 0) is 44.0 Å². The molecule has 0 amide bonds. The van der Waals surface area contributed by atoms with E-state index < -0.39 is 0 Å². The van der Waals surface area contributed by atoms with Crippen molar-refractivity contribution in [3.63, 3.8) is 0 Å². The van der Waals surface area contributed by atoms with Gasteiger partial charge < -0.3 is 4.90 Å². The van der Waals surface area contributed by atoms with Crippen LogP contribution in [0.1, 0.15) is 35.8 Å². The fourth-order valence-electron chi connectivity index (χ4n) is 3.66. The minimum absolute atomic E-state index is 0.0757. The molecule has 1 atom stereocenters. The first kappa shape index (κ1) is 17.0. The molecular formula is C20H20N6O. The molecule has 0 unspecified atom stereocenters. The first-order valence-electron chi connectivity index (χ1n) is 9.03. The number of anilines is 1. The van der Waals surface area contributed by atoms with Crippen LogP contribution < -0.4 is 10.6 Å². The SMILES string of the molecule is Cc1ccc(C#N)c(N2CCC[C@@H](c3n[nH]c(=O)n3-c3ccccc3)C2)n1. The van der Waals surface area contributed by atoms with E-state index in [2.05, 4.69) is 26.2 Å². The second-order valence-electron chi connectivity index (χ2n) is 6.78. The molecule has 7 nitrogen and oxygen atoms in total. The molecule has 1 saturated heterocycles. The lowest BCUT2D eigenvalue weighted by Gasteiger charge is -2.33. The third kappa shape index (κ3) is 3.22. The van der Waals surface area contributed by atoms with E-state index in [0.717, 1.165) is 36.6 Å². The topological polar surface area (TPSA) is 90.6 Å². The first-order valence-corrected chi connectivity index (χ1v) is 9.03. The number of aromatic amines is 1. The molecule has 0 saturated carbocycles. The summed E-state index contributed by atoms with van der Waals surface area (Å²) in [7, 11) is 0. The molecular weight excluding hydrogens is 340 g/mol. The van der Waals surface area contributed by atoms with Crippen molar-refractivity contribution in [2.24, 2.45) is 0 Å². The smallest absolute Gasteiger partial charge is 0.347 e. The summed E-state index contributed by atoms with van der Waals surface area (Å²) in [6.07, 6.45) is 1.88. The van der Waals surface area contributed by atoms with Crippen molar-refractivity contribution in [1.82, 2.24) is 19.7 Å². The van der Waals surface area contributed by atoms with E-state index in [0.29, 0.717) is 17.9 Å². The van der Waals surface area contributed by atoms with Crippen LogP contribution in [0.25, 0.3) is 5.69 Å². The summed E-state index contributed by atoms with van der Waals surface area (Å²) >= 11 is 0. The Morgan fingerprint density at radius 1 is 1.22 bits per heavy atom. The summed E-state index contributed by atoms with van der Waals surface area (Å²) in [5.74, 6) is 1.51. The van der Waals surface area contributed by atoms with Crippen LogP contribution in [-0.2, 0) is 0 Å². The standard InChI is InChI=1S/C20H20N6O/c1-14-9-10-15(12-21)18(22-14)25-11-5-6-16(13-25)19-23-24-20(27)26(19)17-7-3-2-4-8-17/h2-4,7-10,16H,5-6,11,13H2,1H3,(H,24,27)/t16-/m1/s1. The highest BCUT2D eigenvalue weighted by Crippen LogP contribution is 2.30. The van der Waals surface area contributed by atoms with Gasteiger partial charge in [0.25, 0.3) is 0 Å². The van der Waals surface area contributed by atoms with E-state index in [4.69, 9.17) is 0 Å². The molecule has 4 rings (SSSR count). The normalized spacial score (nSPS) is 16.9. The fourth-order valence-corrected chi connectivity index (χ4v) is 3.66. The summed E-state index contributed by atoms with van der Waals surface area (Å²) in [5.41, 5.74) is 2.02. The monoisotopic (exact) mass is 360 g/mol. The number of H-pyrrole nitrogens is 1. The number of aromatic nitrogens is 4. The second-order valence-corrected chi connectivity index (χ2v) is 6.78. The number of benzene rings is 1. The molecule has 136 valence electrons. The van der Waals surface area contributed by atoms with E-state index >= 15 is 0 Å². The number of rotatable bonds is 3. The average molecular weight is 360 g/mol. The molecule has 0 aliphatic carbocycles. The van der Waals surface area contributed by atoms with Crippen molar-refractivity contribution in [3.05, 3.63) is 70.0 Å². The van der Waals surface area contributed by atoms with Gasteiger partial charge in [0.05, 0.1) is 11.3 Å². The van der Waals surface area contributed by atoms with Gasteiger partial charge in [0.1, 0.15) is 17.7 Å². The van der Waals surface area contributed by atoms with Crippen LogP contribution in [0, 0.1) is 18.3 Å². The number of hydrogen-bond donors (Lipinski definition) is 1. The minimum atomic E-state index is -0.236. The van der Waals surface area contributed by atoms with Gasteiger partial charge in [0.2, 0.25) is 0 Å². The Labute approximate surface area is 156 Å².